The number of ether oxygens (including phenoxy) is 1. The minimum absolute atomic E-state index is 0.0961. The van der Waals surface area contributed by atoms with Crippen LogP contribution in [0, 0.1) is 16.7 Å². The highest BCUT2D eigenvalue weighted by Crippen LogP contribution is 2.58. The van der Waals surface area contributed by atoms with Crippen molar-refractivity contribution in [3.05, 3.63) is 18.5 Å². The number of hydrogen-bond donors (Lipinski definition) is 0. The van der Waals surface area contributed by atoms with Gasteiger partial charge in [0.05, 0.1) is 5.41 Å². The Labute approximate surface area is 177 Å². The van der Waals surface area contributed by atoms with E-state index in [9.17, 15) is 9.59 Å². The van der Waals surface area contributed by atoms with Gasteiger partial charge in [0.15, 0.2) is 0 Å². The Kier molecular flexibility index (Phi) is 4.92. The first kappa shape index (κ1) is 19.7. The lowest BCUT2D eigenvalue weighted by Gasteiger charge is -2.47. The molecule has 0 unspecified atom stereocenters. The van der Waals surface area contributed by atoms with Gasteiger partial charge in [-0.15, -0.1) is 0 Å². The van der Waals surface area contributed by atoms with Crippen molar-refractivity contribution in [2.45, 2.75) is 32.1 Å². The van der Waals surface area contributed by atoms with Crippen LogP contribution in [0.15, 0.2) is 18.5 Å². The summed E-state index contributed by atoms with van der Waals surface area (Å²) >= 11 is 0. The number of rotatable bonds is 2. The number of likely N-dealkylation sites (tertiary alicyclic amines) is 2. The van der Waals surface area contributed by atoms with Crippen LogP contribution >= 0.6 is 0 Å². The van der Waals surface area contributed by atoms with Crippen LogP contribution in [-0.4, -0.2) is 84.6 Å². The predicted octanol–water partition coefficient (Wildman–Crippen LogP) is 1.18. The monoisotopic (exact) mass is 413 g/mol. The van der Waals surface area contributed by atoms with E-state index in [4.69, 9.17) is 4.74 Å². The maximum Gasteiger partial charge on any atom is 0.231 e. The van der Waals surface area contributed by atoms with Crippen LogP contribution in [0.25, 0.3) is 0 Å². The van der Waals surface area contributed by atoms with Crippen LogP contribution in [0.4, 0.5) is 5.95 Å². The second kappa shape index (κ2) is 7.48. The molecular formula is C22H31N5O3. The zero-order valence-electron chi connectivity index (χ0n) is 17.8. The SMILES string of the molecule is CN1CC[C@]2(CN(c3ncccn3)CC23CCN(C(=O)C2CCOCC2)CC3)C1=O. The molecule has 1 aromatic rings. The van der Waals surface area contributed by atoms with Gasteiger partial charge in [-0.1, -0.05) is 0 Å². The standard InChI is InChI=1S/C22H31N5O3/c1-25-10-7-22(19(25)29)16-27(20-23-8-2-9-24-20)15-21(22)5-11-26(12-6-21)18(28)17-3-13-30-14-4-17/h2,8-9,17H,3-7,10-16H2,1H3/t22-/m0/s1. The molecule has 0 bridgehead atoms. The molecule has 0 saturated carbocycles. The summed E-state index contributed by atoms with van der Waals surface area (Å²) in [6.07, 6.45) is 7.78. The summed E-state index contributed by atoms with van der Waals surface area (Å²) in [6, 6.07) is 1.82. The molecule has 0 N–H and O–H groups in total. The third-order valence-electron chi connectivity index (χ3n) is 8.04. The average molecular weight is 414 g/mol. The van der Waals surface area contributed by atoms with Gasteiger partial charge < -0.3 is 19.4 Å². The summed E-state index contributed by atoms with van der Waals surface area (Å²) < 4.78 is 5.42. The molecule has 0 aromatic carbocycles. The van der Waals surface area contributed by atoms with Crippen molar-refractivity contribution >= 4 is 17.8 Å². The Hall–Kier alpha value is -2.22. The van der Waals surface area contributed by atoms with E-state index in [1.54, 1.807) is 12.4 Å². The van der Waals surface area contributed by atoms with Gasteiger partial charge in [0.2, 0.25) is 17.8 Å². The molecule has 8 heteroatoms. The lowest BCUT2D eigenvalue weighted by molar-refractivity contribution is -0.146. The highest BCUT2D eigenvalue weighted by Gasteiger charge is 2.65. The Morgan fingerprint density at radius 2 is 1.77 bits per heavy atom. The zero-order valence-corrected chi connectivity index (χ0v) is 17.8. The first-order valence-electron chi connectivity index (χ1n) is 11.2. The molecule has 4 saturated heterocycles. The van der Waals surface area contributed by atoms with Gasteiger partial charge in [-0.3, -0.25) is 9.59 Å². The van der Waals surface area contributed by atoms with Crippen LogP contribution in [-0.2, 0) is 14.3 Å². The third-order valence-corrected chi connectivity index (χ3v) is 8.04. The molecule has 4 fully saturated rings. The molecule has 0 radical (unpaired) electrons. The Balaban J connectivity index is 1.37. The molecule has 4 aliphatic heterocycles. The van der Waals surface area contributed by atoms with Gasteiger partial charge in [0.25, 0.3) is 0 Å². The molecule has 30 heavy (non-hydrogen) atoms. The Morgan fingerprint density at radius 3 is 2.40 bits per heavy atom. The van der Waals surface area contributed by atoms with Crippen molar-refractivity contribution in [1.82, 2.24) is 19.8 Å². The van der Waals surface area contributed by atoms with Crippen molar-refractivity contribution < 1.29 is 14.3 Å². The van der Waals surface area contributed by atoms with Crippen LogP contribution in [0.5, 0.6) is 0 Å². The van der Waals surface area contributed by atoms with Gasteiger partial charge in [-0.25, -0.2) is 9.97 Å². The summed E-state index contributed by atoms with van der Waals surface area (Å²) in [4.78, 5) is 41.5. The van der Waals surface area contributed by atoms with E-state index in [1.807, 2.05) is 22.9 Å². The van der Waals surface area contributed by atoms with Crippen molar-refractivity contribution in [2.75, 3.05) is 57.9 Å². The lowest BCUT2D eigenvalue weighted by Crippen LogP contribution is -2.54. The predicted molar refractivity (Wildman–Crippen MR) is 111 cm³/mol. The van der Waals surface area contributed by atoms with Crippen LogP contribution in [0.2, 0.25) is 0 Å². The maximum absolute atomic E-state index is 13.4. The first-order valence-corrected chi connectivity index (χ1v) is 11.2. The zero-order chi connectivity index (χ0) is 20.8. The molecule has 5 rings (SSSR count). The van der Waals surface area contributed by atoms with Crippen molar-refractivity contribution in [2.24, 2.45) is 16.7 Å². The highest BCUT2D eigenvalue weighted by atomic mass is 16.5. The Morgan fingerprint density at radius 1 is 1.07 bits per heavy atom. The number of hydrogen-bond acceptors (Lipinski definition) is 6. The number of carbonyl (C=O) groups excluding carboxylic acids is 2. The van der Waals surface area contributed by atoms with Gasteiger partial charge in [0, 0.05) is 76.7 Å². The fraction of sp³-hybridized carbons (Fsp3) is 0.727. The van der Waals surface area contributed by atoms with Gasteiger partial charge in [0.1, 0.15) is 0 Å². The highest BCUT2D eigenvalue weighted by molar-refractivity contribution is 5.87. The number of amides is 2. The number of fused-ring (bicyclic) bond motifs is 1. The summed E-state index contributed by atoms with van der Waals surface area (Å²) in [5.74, 6) is 1.33. The number of piperidine rings is 1. The quantitative estimate of drug-likeness (QED) is 0.725. The topological polar surface area (TPSA) is 78.9 Å². The second-order valence-electron chi connectivity index (χ2n) is 9.46. The maximum atomic E-state index is 13.4. The summed E-state index contributed by atoms with van der Waals surface area (Å²) in [7, 11) is 1.91. The largest absolute Gasteiger partial charge is 0.381 e. The van der Waals surface area contributed by atoms with Gasteiger partial charge in [-0.2, -0.15) is 0 Å². The molecular weight excluding hydrogens is 382 g/mol. The number of carbonyl (C=O) groups is 2. The van der Waals surface area contributed by atoms with E-state index in [2.05, 4.69) is 14.9 Å². The minimum atomic E-state index is -0.394. The molecule has 0 aliphatic carbocycles. The van der Waals surface area contributed by atoms with Crippen molar-refractivity contribution in [3.8, 4) is 0 Å². The molecule has 4 aliphatic rings. The summed E-state index contributed by atoms with van der Waals surface area (Å²) in [5, 5.41) is 0. The summed E-state index contributed by atoms with van der Waals surface area (Å²) in [6.45, 7) is 5.10. The first-order chi connectivity index (χ1) is 14.5. The van der Waals surface area contributed by atoms with E-state index in [-0.39, 0.29) is 23.1 Å². The van der Waals surface area contributed by atoms with Crippen molar-refractivity contribution in [3.63, 3.8) is 0 Å². The third kappa shape index (κ3) is 2.99. The second-order valence-corrected chi connectivity index (χ2v) is 9.46. The van der Waals surface area contributed by atoms with E-state index < -0.39 is 5.41 Å². The normalized spacial score (nSPS) is 29.4. The van der Waals surface area contributed by atoms with Gasteiger partial charge >= 0.3 is 0 Å². The fourth-order valence-electron chi connectivity index (χ4n) is 6.23. The number of anilines is 1. The number of nitrogens with zero attached hydrogens (tertiary/aromatic N) is 5. The van der Waals surface area contributed by atoms with E-state index in [0.717, 1.165) is 58.3 Å². The molecule has 2 spiro atoms. The molecule has 1 atom stereocenters. The number of aromatic nitrogens is 2. The van der Waals surface area contributed by atoms with Crippen LogP contribution < -0.4 is 4.90 Å². The molecule has 8 nitrogen and oxygen atoms in total. The van der Waals surface area contributed by atoms with Crippen LogP contribution in [0.1, 0.15) is 32.1 Å². The lowest BCUT2D eigenvalue weighted by atomic mass is 9.60. The molecule has 1 aromatic heterocycles. The van der Waals surface area contributed by atoms with E-state index in [0.29, 0.717) is 25.7 Å². The average Bonchev–Trinajstić information content (AvgIpc) is 3.28. The van der Waals surface area contributed by atoms with Gasteiger partial charge in [-0.05, 0) is 38.2 Å². The van der Waals surface area contributed by atoms with Crippen molar-refractivity contribution in [1.29, 1.82) is 0 Å². The van der Waals surface area contributed by atoms with E-state index >= 15 is 0 Å². The summed E-state index contributed by atoms with van der Waals surface area (Å²) in [5.41, 5.74) is -0.519. The molecule has 162 valence electrons. The smallest absolute Gasteiger partial charge is 0.231 e. The van der Waals surface area contributed by atoms with Crippen LogP contribution in [0.3, 0.4) is 0 Å². The Bertz CT molecular complexity index is 804. The van der Waals surface area contributed by atoms with E-state index in [1.165, 1.54) is 0 Å². The molecule has 2 amide bonds. The fourth-order valence-corrected chi connectivity index (χ4v) is 6.23. The molecule has 5 heterocycles. The minimum Gasteiger partial charge on any atom is -0.381 e.